The molecular weight excluding hydrogens is 361 g/mol. The number of hydrogen-bond acceptors (Lipinski definition) is 5. The van der Waals surface area contributed by atoms with Crippen molar-refractivity contribution < 1.29 is 19.1 Å². The standard InChI is InChI=1S/C18H12FNO3S2/c19-13-8-6-11(7-9-13)10-14-16(21)20(18(24)25-14)15(17(22)23)12-4-2-1-3-5-12/h1-10,15H,(H,22,23)/p-1/b14-10+/t15-/m0/s1. The summed E-state index contributed by atoms with van der Waals surface area (Å²) in [7, 11) is 0. The minimum absolute atomic E-state index is 0.136. The lowest BCUT2D eigenvalue weighted by atomic mass is 10.1. The van der Waals surface area contributed by atoms with Gasteiger partial charge in [-0.2, -0.15) is 0 Å². The number of rotatable bonds is 4. The maximum absolute atomic E-state index is 13.0. The van der Waals surface area contributed by atoms with E-state index in [1.807, 2.05) is 0 Å². The Morgan fingerprint density at radius 3 is 2.40 bits per heavy atom. The van der Waals surface area contributed by atoms with E-state index in [4.69, 9.17) is 12.2 Å². The molecule has 25 heavy (non-hydrogen) atoms. The van der Waals surface area contributed by atoms with Gasteiger partial charge in [0.05, 0.1) is 10.9 Å². The molecule has 0 bridgehead atoms. The molecule has 4 nitrogen and oxygen atoms in total. The van der Waals surface area contributed by atoms with Gasteiger partial charge in [-0.25, -0.2) is 4.39 Å². The van der Waals surface area contributed by atoms with Crippen molar-refractivity contribution in [1.82, 2.24) is 4.90 Å². The maximum atomic E-state index is 13.0. The van der Waals surface area contributed by atoms with E-state index in [1.54, 1.807) is 36.4 Å². The van der Waals surface area contributed by atoms with E-state index in [-0.39, 0.29) is 15.0 Å². The minimum Gasteiger partial charge on any atom is -0.547 e. The molecule has 0 aliphatic carbocycles. The van der Waals surface area contributed by atoms with E-state index in [0.717, 1.165) is 16.7 Å². The van der Waals surface area contributed by atoms with Crippen LogP contribution in [0.4, 0.5) is 4.39 Å². The van der Waals surface area contributed by atoms with Crippen molar-refractivity contribution in [3.63, 3.8) is 0 Å². The zero-order chi connectivity index (χ0) is 18.0. The Balaban J connectivity index is 1.95. The predicted molar refractivity (Wildman–Crippen MR) is 95.6 cm³/mol. The largest absolute Gasteiger partial charge is 0.547 e. The highest BCUT2D eigenvalue weighted by atomic mass is 32.2. The van der Waals surface area contributed by atoms with Gasteiger partial charge in [-0.15, -0.1) is 0 Å². The van der Waals surface area contributed by atoms with Crippen molar-refractivity contribution >= 4 is 46.3 Å². The van der Waals surface area contributed by atoms with Gasteiger partial charge in [-0.1, -0.05) is 66.4 Å². The molecule has 1 aliphatic rings. The van der Waals surface area contributed by atoms with E-state index in [0.29, 0.717) is 11.1 Å². The summed E-state index contributed by atoms with van der Waals surface area (Å²) in [4.78, 5) is 25.7. The molecule has 1 fully saturated rings. The normalized spacial score (nSPS) is 17.2. The molecule has 0 unspecified atom stereocenters. The van der Waals surface area contributed by atoms with Crippen LogP contribution in [0.3, 0.4) is 0 Å². The molecule has 1 amide bonds. The van der Waals surface area contributed by atoms with E-state index >= 15 is 0 Å². The van der Waals surface area contributed by atoms with Crippen molar-refractivity contribution in [1.29, 1.82) is 0 Å². The van der Waals surface area contributed by atoms with Crippen LogP contribution in [0, 0.1) is 5.82 Å². The molecule has 0 spiro atoms. The van der Waals surface area contributed by atoms with Crippen molar-refractivity contribution in [3.8, 4) is 0 Å². The molecule has 0 saturated carbocycles. The van der Waals surface area contributed by atoms with Crippen molar-refractivity contribution in [3.05, 3.63) is 76.4 Å². The van der Waals surface area contributed by atoms with Gasteiger partial charge in [0.15, 0.2) is 0 Å². The summed E-state index contributed by atoms with van der Waals surface area (Å²) in [5.41, 5.74) is 1.02. The number of thiocarbonyl (C=S) groups is 1. The average Bonchev–Trinajstić information content (AvgIpc) is 2.86. The summed E-state index contributed by atoms with van der Waals surface area (Å²) < 4.78 is 13.1. The molecule has 126 valence electrons. The smallest absolute Gasteiger partial charge is 0.267 e. The Morgan fingerprint density at radius 2 is 1.80 bits per heavy atom. The summed E-state index contributed by atoms with van der Waals surface area (Å²) in [6, 6.07) is 12.6. The molecule has 0 radical (unpaired) electrons. The van der Waals surface area contributed by atoms with Crippen LogP contribution in [0.2, 0.25) is 0 Å². The third-order valence-electron chi connectivity index (χ3n) is 3.59. The Morgan fingerprint density at radius 1 is 1.16 bits per heavy atom. The molecule has 1 aliphatic heterocycles. The van der Waals surface area contributed by atoms with E-state index in [9.17, 15) is 19.1 Å². The second kappa shape index (κ2) is 7.16. The Hall–Kier alpha value is -2.51. The fraction of sp³-hybridized carbons (Fsp3) is 0.0556. The molecular formula is C18H11FNO3S2-. The van der Waals surface area contributed by atoms with Crippen LogP contribution in [-0.4, -0.2) is 21.1 Å². The number of aliphatic carboxylic acids is 1. The van der Waals surface area contributed by atoms with Gasteiger partial charge in [0.25, 0.3) is 5.91 Å². The van der Waals surface area contributed by atoms with E-state index in [2.05, 4.69) is 0 Å². The SMILES string of the molecule is O=C([O-])[C@H](c1ccccc1)N1C(=O)/C(=C\c2ccc(F)cc2)SC1=S. The molecule has 3 rings (SSSR count). The fourth-order valence-corrected chi connectivity index (χ4v) is 3.75. The summed E-state index contributed by atoms with van der Waals surface area (Å²) in [6.45, 7) is 0. The predicted octanol–water partition coefficient (Wildman–Crippen LogP) is 2.52. The highest BCUT2D eigenvalue weighted by Gasteiger charge is 2.38. The first-order valence-electron chi connectivity index (χ1n) is 7.26. The van der Waals surface area contributed by atoms with Gasteiger partial charge >= 0.3 is 0 Å². The highest BCUT2D eigenvalue weighted by Crippen LogP contribution is 2.38. The third kappa shape index (κ3) is 3.62. The van der Waals surface area contributed by atoms with Crippen LogP contribution in [0.15, 0.2) is 59.5 Å². The van der Waals surface area contributed by atoms with Crippen LogP contribution in [0.5, 0.6) is 0 Å². The topological polar surface area (TPSA) is 60.4 Å². The second-order valence-corrected chi connectivity index (χ2v) is 6.91. The summed E-state index contributed by atoms with van der Waals surface area (Å²) in [5.74, 6) is -2.31. The Bertz CT molecular complexity index is 866. The first-order chi connectivity index (χ1) is 12.0. The number of hydrogen-bond donors (Lipinski definition) is 0. The van der Waals surface area contributed by atoms with Crippen molar-refractivity contribution in [2.75, 3.05) is 0 Å². The zero-order valence-electron chi connectivity index (χ0n) is 12.7. The second-order valence-electron chi connectivity index (χ2n) is 5.24. The number of benzene rings is 2. The molecule has 1 heterocycles. The monoisotopic (exact) mass is 372 g/mol. The van der Waals surface area contributed by atoms with Gasteiger partial charge < -0.3 is 9.90 Å². The zero-order valence-corrected chi connectivity index (χ0v) is 14.4. The highest BCUT2D eigenvalue weighted by molar-refractivity contribution is 8.26. The molecule has 0 aromatic heterocycles. The lowest BCUT2D eigenvalue weighted by molar-refractivity contribution is -0.310. The quantitative estimate of drug-likeness (QED) is 0.610. The first-order valence-corrected chi connectivity index (χ1v) is 8.48. The Labute approximate surface area is 153 Å². The number of amides is 1. The van der Waals surface area contributed by atoms with Crippen molar-refractivity contribution in [2.24, 2.45) is 0 Å². The number of halogens is 1. The van der Waals surface area contributed by atoms with Crippen LogP contribution in [0.1, 0.15) is 17.2 Å². The van der Waals surface area contributed by atoms with Crippen LogP contribution in [-0.2, 0) is 9.59 Å². The lowest BCUT2D eigenvalue weighted by Crippen LogP contribution is -2.43. The summed E-state index contributed by atoms with van der Waals surface area (Å²) in [5, 5.41) is 11.6. The van der Waals surface area contributed by atoms with E-state index in [1.165, 1.54) is 24.3 Å². The first kappa shape index (κ1) is 17.3. The molecule has 2 aromatic rings. The third-order valence-corrected chi connectivity index (χ3v) is 4.92. The maximum Gasteiger partial charge on any atom is 0.267 e. The van der Waals surface area contributed by atoms with Crippen LogP contribution < -0.4 is 5.11 Å². The number of carbonyl (C=O) groups is 2. The number of nitrogens with zero attached hydrogens (tertiary/aromatic N) is 1. The lowest BCUT2D eigenvalue weighted by Gasteiger charge is -2.27. The number of carboxylic acid groups (broad SMARTS) is 1. The van der Waals surface area contributed by atoms with Crippen LogP contribution >= 0.6 is 24.0 Å². The van der Waals surface area contributed by atoms with Gasteiger partial charge in [0.2, 0.25) is 0 Å². The number of thioether (sulfide) groups is 1. The molecule has 1 saturated heterocycles. The molecule has 0 N–H and O–H groups in total. The number of carboxylic acids is 1. The fourth-order valence-electron chi connectivity index (χ4n) is 2.44. The van der Waals surface area contributed by atoms with Gasteiger partial charge in [-0.05, 0) is 29.3 Å². The number of carbonyl (C=O) groups excluding carboxylic acids is 2. The van der Waals surface area contributed by atoms with Crippen LogP contribution in [0.25, 0.3) is 6.08 Å². The average molecular weight is 372 g/mol. The summed E-state index contributed by atoms with van der Waals surface area (Å²) >= 11 is 6.21. The van der Waals surface area contributed by atoms with Gasteiger partial charge in [-0.3, -0.25) is 9.69 Å². The van der Waals surface area contributed by atoms with E-state index < -0.39 is 17.9 Å². The minimum atomic E-state index is -1.41. The van der Waals surface area contributed by atoms with Crippen molar-refractivity contribution in [2.45, 2.75) is 6.04 Å². The Kier molecular flexibility index (Phi) is 4.96. The van der Waals surface area contributed by atoms with Gasteiger partial charge in [0, 0.05) is 0 Å². The molecule has 7 heteroatoms. The summed E-state index contributed by atoms with van der Waals surface area (Å²) in [6.07, 6.45) is 1.55. The molecule has 1 atom stereocenters. The molecule has 2 aromatic carbocycles. The van der Waals surface area contributed by atoms with Gasteiger partial charge in [0.1, 0.15) is 16.2 Å².